The van der Waals surface area contributed by atoms with Crippen molar-refractivity contribution < 1.29 is 9.84 Å². The molecule has 2 aromatic rings. The summed E-state index contributed by atoms with van der Waals surface area (Å²) in [7, 11) is 0. The van der Waals surface area contributed by atoms with E-state index in [1.807, 2.05) is 44.2 Å². The first-order valence-electron chi connectivity index (χ1n) is 7.83. The van der Waals surface area contributed by atoms with Crippen LogP contribution >= 0.6 is 11.6 Å². The van der Waals surface area contributed by atoms with Crippen LogP contribution in [0.2, 0.25) is 5.02 Å². The molecule has 0 radical (unpaired) electrons. The molecular weight excluding hydrogens is 310 g/mol. The Kier molecular flexibility index (Phi) is 6.46. The maximum absolute atomic E-state index is 10.1. The van der Waals surface area contributed by atoms with Gasteiger partial charge in [-0.1, -0.05) is 41.9 Å². The quantitative estimate of drug-likeness (QED) is 0.803. The molecule has 23 heavy (non-hydrogen) atoms. The minimum absolute atomic E-state index is 0.186. The number of aliphatic hydroxyl groups excluding tert-OH is 1. The fourth-order valence-electron chi connectivity index (χ4n) is 2.41. The average Bonchev–Trinajstić information content (AvgIpc) is 2.56. The van der Waals surface area contributed by atoms with Gasteiger partial charge in [0.05, 0.1) is 0 Å². The number of benzene rings is 2. The van der Waals surface area contributed by atoms with Crippen molar-refractivity contribution in [2.75, 3.05) is 13.2 Å². The number of nitrogens with one attached hydrogen (secondary N) is 1. The van der Waals surface area contributed by atoms with Gasteiger partial charge in [0.1, 0.15) is 18.5 Å². The summed E-state index contributed by atoms with van der Waals surface area (Å²) >= 11 is 6.14. The van der Waals surface area contributed by atoms with Crippen molar-refractivity contribution in [2.24, 2.45) is 0 Å². The molecule has 0 aromatic heterocycles. The molecule has 0 amide bonds. The minimum Gasteiger partial charge on any atom is -0.491 e. The van der Waals surface area contributed by atoms with Gasteiger partial charge in [-0.25, -0.2) is 0 Å². The molecule has 0 aliphatic rings. The summed E-state index contributed by atoms with van der Waals surface area (Å²) in [6, 6.07) is 14.1. The molecule has 2 atom stereocenters. The number of aliphatic hydroxyl groups is 1. The van der Waals surface area contributed by atoms with Gasteiger partial charge in [-0.05, 0) is 49.6 Å². The summed E-state index contributed by atoms with van der Waals surface area (Å²) in [4.78, 5) is 0. The second-order valence-electron chi connectivity index (χ2n) is 5.88. The third-order valence-corrected chi connectivity index (χ3v) is 4.41. The van der Waals surface area contributed by atoms with Crippen LogP contribution in [0.3, 0.4) is 0 Å². The molecule has 3 nitrogen and oxygen atoms in total. The fraction of sp³-hybridized carbons (Fsp3) is 0.368. The van der Waals surface area contributed by atoms with Crippen LogP contribution in [-0.2, 0) is 0 Å². The summed E-state index contributed by atoms with van der Waals surface area (Å²) in [6.07, 6.45) is -0.572. The van der Waals surface area contributed by atoms with E-state index < -0.39 is 6.10 Å². The van der Waals surface area contributed by atoms with Crippen molar-refractivity contribution in [1.29, 1.82) is 0 Å². The summed E-state index contributed by atoms with van der Waals surface area (Å²) in [5, 5.41) is 14.2. The van der Waals surface area contributed by atoms with E-state index in [1.165, 1.54) is 5.56 Å². The third kappa shape index (κ3) is 5.24. The van der Waals surface area contributed by atoms with Crippen LogP contribution < -0.4 is 10.1 Å². The highest BCUT2D eigenvalue weighted by molar-refractivity contribution is 6.32. The molecule has 0 aliphatic heterocycles. The highest BCUT2D eigenvalue weighted by atomic mass is 35.5. The van der Waals surface area contributed by atoms with Crippen molar-refractivity contribution in [3.63, 3.8) is 0 Å². The van der Waals surface area contributed by atoms with Gasteiger partial charge in [-0.2, -0.15) is 0 Å². The van der Waals surface area contributed by atoms with Gasteiger partial charge in [0, 0.05) is 17.6 Å². The van der Waals surface area contributed by atoms with Gasteiger partial charge in [0.15, 0.2) is 0 Å². The van der Waals surface area contributed by atoms with Gasteiger partial charge < -0.3 is 15.2 Å². The molecule has 4 heteroatoms. The first kappa shape index (κ1) is 17.8. The summed E-state index contributed by atoms with van der Waals surface area (Å²) < 4.78 is 5.67. The van der Waals surface area contributed by atoms with Gasteiger partial charge in [-0.15, -0.1) is 0 Å². The fourth-order valence-corrected chi connectivity index (χ4v) is 2.52. The second-order valence-corrected chi connectivity index (χ2v) is 6.25. The van der Waals surface area contributed by atoms with E-state index in [9.17, 15) is 5.11 Å². The molecular formula is C19H24ClNO2. The second kappa shape index (κ2) is 8.34. The Morgan fingerprint density at radius 2 is 1.74 bits per heavy atom. The van der Waals surface area contributed by atoms with E-state index >= 15 is 0 Å². The van der Waals surface area contributed by atoms with E-state index in [2.05, 4.69) is 24.4 Å². The molecule has 2 N–H and O–H groups in total. The molecule has 124 valence electrons. The average molecular weight is 334 g/mol. The lowest BCUT2D eigenvalue weighted by molar-refractivity contribution is 0.104. The zero-order chi connectivity index (χ0) is 16.8. The topological polar surface area (TPSA) is 41.5 Å². The number of rotatable bonds is 7. The van der Waals surface area contributed by atoms with Crippen LogP contribution in [0, 0.1) is 13.8 Å². The number of ether oxygens (including phenoxy) is 1. The normalized spacial score (nSPS) is 13.6. The zero-order valence-corrected chi connectivity index (χ0v) is 14.6. The van der Waals surface area contributed by atoms with Crippen LogP contribution in [-0.4, -0.2) is 24.4 Å². The molecule has 0 saturated carbocycles. The standard InChI is InChI=1S/C19H24ClNO2/c1-13-9-18(10-14(2)19(13)20)23-12-17(22)11-21-15(3)16-7-5-4-6-8-16/h4-10,15,17,21-22H,11-12H2,1-3H3/t15-,17-/m0/s1. The Morgan fingerprint density at radius 3 is 2.35 bits per heavy atom. The van der Waals surface area contributed by atoms with Crippen LogP contribution in [0.4, 0.5) is 0 Å². The molecule has 0 spiro atoms. The molecule has 0 aliphatic carbocycles. The smallest absolute Gasteiger partial charge is 0.120 e. The minimum atomic E-state index is -0.572. The Hall–Kier alpha value is -1.55. The molecule has 2 rings (SSSR count). The zero-order valence-electron chi connectivity index (χ0n) is 13.8. The first-order valence-corrected chi connectivity index (χ1v) is 8.21. The SMILES string of the molecule is Cc1cc(OC[C@@H](O)CN[C@@H](C)c2ccccc2)cc(C)c1Cl. The lowest BCUT2D eigenvalue weighted by atomic mass is 10.1. The molecule has 0 heterocycles. The van der Waals surface area contributed by atoms with E-state index in [4.69, 9.17) is 16.3 Å². The maximum Gasteiger partial charge on any atom is 0.120 e. The highest BCUT2D eigenvalue weighted by Crippen LogP contribution is 2.25. The van der Waals surface area contributed by atoms with Crippen LogP contribution in [0.25, 0.3) is 0 Å². The van der Waals surface area contributed by atoms with E-state index in [-0.39, 0.29) is 12.6 Å². The Bertz CT molecular complexity index is 608. The number of hydrogen-bond acceptors (Lipinski definition) is 3. The van der Waals surface area contributed by atoms with Crippen molar-refractivity contribution in [3.05, 3.63) is 64.2 Å². The first-order chi connectivity index (χ1) is 11.0. The number of hydrogen-bond donors (Lipinski definition) is 2. The van der Waals surface area contributed by atoms with Crippen molar-refractivity contribution >= 4 is 11.6 Å². The van der Waals surface area contributed by atoms with Gasteiger partial charge in [0.2, 0.25) is 0 Å². The highest BCUT2D eigenvalue weighted by Gasteiger charge is 2.10. The Balaban J connectivity index is 1.80. The van der Waals surface area contributed by atoms with Crippen molar-refractivity contribution in [3.8, 4) is 5.75 Å². The summed E-state index contributed by atoms with van der Waals surface area (Å²) in [5.41, 5.74) is 3.16. The molecule has 0 saturated heterocycles. The van der Waals surface area contributed by atoms with Crippen LogP contribution in [0.1, 0.15) is 29.7 Å². The maximum atomic E-state index is 10.1. The van der Waals surface area contributed by atoms with Gasteiger partial charge >= 0.3 is 0 Å². The van der Waals surface area contributed by atoms with Gasteiger partial charge in [-0.3, -0.25) is 0 Å². The number of halogens is 1. The van der Waals surface area contributed by atoms with E-state index in [0.717, 1.165) is 21.9 Å². The van der Waals surface area contributed by atoms with Gasteiger partial charge in [0.25, 0.3) is 0 Å². The Morgan fingerprint density at radius 1 is 1.13 bits per heavy atom. The molecule has 0 bridgehead atoms. The molecule has 2 aromatic carbocycles. The Labute approximate surface area is 143 Å². The predicted molar refractivity (Wildman–Crippen MR) is 95.3 cm³/mol. The van der Waals surface area contributed by atoms with Crippen molar-refractivity contribution in [2.45, 2.75) is 32.9 Å². The summed E-state index contributed by atoms with van der Waals surface area (Å²) in [6.45, 7) is 6.69. The predicted octanol–water partition coefficient (Wildman–Crippen LogP) is 4.05. The lowest BCUT2D eigenvalue weighted by Gasteiger charge is -2.18. The lowest BCUT2D eigenvalue weighted by Crippen LogP contribution is -2.33. The van der Waals surface area contributed by atoms with Crippen LogP contribution in [0.5, 0.6) is 5.75 Å². The van der Waals surface area contributed by atoms with E-state index in [1.54, 1.807) is 0 Å². The third-order valence-electron chi connectivity index (χ3n) is 3.81. The number of aryl methyl sites for hydroxylation is 2. The van der Waals surface area contributed by atoms with Crippen LogP contribution in [0.15, 0.2) is 42.5 Å². The molecule has 0 fully saturated rings. The molecule has 0 unspecified atom stereocenters. The monoisotopic (exact) mass is 333 g/mol. The van der Waals surface area contributed by atoms with E-state index in [0.29, 0.717) is 6.54 Å². The largest absolute Gasteiger partial charge is 0.491 e. The summed E-state index contributed by atoms with van der Waals surface area (Å²) in [5.74, 6) is 0.736. The van der Waals surface area contributed by atoms with Crippen molar-refractivity contribution in [1.82, 2.24) is 5.32 Å².